The van der Waals surface area contributed by atoms with Crippen LogP contribution in [0.5, 0.6) is 0 Å². The van der Waals surface area contributed by atoms with Crippen molar-refractivity contribution in [2.75, 3.05) is 5.32 Å². The lowest BCUT2D eigenvalue weighted by molar-refractivity contribution is 0.102. The fourth-order valence-electron chi connectivity index (χ4n) is 2.49. The Morgan fingerprint density at radius 2 is 2.04 bits per heavy atom. The molecular formula is C18H13FN6OS. The number of nitrogens with one attached hydrogen (secondary N) is 1. The van der Waals surface area contributed by atoms with Gasteiger partial charge >= 0.3 is 0 Å². The fraction of sp³-hybridized carbons (Fsp3) is 0.0556. The minimum Gasteiger partial charge on any atom is -0.298 e. The lowest BCUT2D eigenvalue weighted by Gasteiger charge is -2.04. The zero-order valence-electron chi connectivity index (χ0n) is 13.9. The van der Waals surface area contributed by atoms with Crippen molar-refractivity contribution >= 4 is 22.4 Å². The number of benzene rings is 2. The summed E-state index contributed by atoms with van der Waals surface area (Å²) in [6.45, 7) is 0. The van der Waals surface area contributed by atoms with E-state index in [1.807, 2.05) is 0 Å². The Kier molecular flexibility index (Phi) is 4.67. The van der Waals surface area contributed by atoms with Crippen molar-refractivity contribution in [3.05, 3.63) is 82.9 Å². The molecule has 4 aromatic rings. The number of tetrazole rings is 1. The van der Waals surface area contributed by atoms with Crippen molar-refractivity contribution in [2.45, 2.75) is 6.42 Å². The summed E-state index contributed by atoms with van der Waals surface area (Å²) in [5.74, 6) is -0.535. The minimum atomic E-state index is -0.271. The van der Waals surface area contributed by atoms with E-state index < -0.39 is 0 Å². The molecule has 0 aliphatic carbocycles. The van der Waals surface area contributed by atoms with Crippen LogP contribution in [-0.2, 0) is 6.42 Å². The van der Waals surface area contributed by atoms with Gasteiger partial charge in [0.2, 0.25) is 0 Å². The van der Waals surface area contributed by atoms with Crippen LogP contribution in [0.2, 0.25) is 0 Å². The Labute approximate surface area is 157 Å². The van der Waals surface area contributed by atoms with Gasteiger partial charge in [0.15, 0.2) is 5.13 Å². The van der Waals surface area contributed by atoms with Crippen LogP contribution < -0.4 is 5.32 Å². The number of aromatic nitrogens is 5. The Bertz CT molecular complexity index is 1060. The van der Waals surface area contributed by atoms with Crippen LogP contribution in [0.1, 0.15) is 20.8 Å². The standard InChI is InChI=1S/C18H13FN6OS/c19-14-6-4-12(5-7-14)8-16-10-20-18(27-16)22-17(26)13-2-1-3-15(9-13)25-11-21-23-24-25/h1-7,9-11H,8H2,(H,20,22,26). The first-order chi connectivity index (χ1) is 13.2. The molecule has 0 spiro atoms. The summed E-state index contributed by atoms with van der Waals surface area (Å²) < 4.78 is 14.5. The number of amides is 1. The van der Waals surface area contributed by atoms with Gasteiger partial charge in [-0.25, -0.2) is 14.1 Å². The van der Waals surface area contributed by atoms with Crippen LogP contribution in [-0.4, -0.2) is 31.1 Å². The topological polar surface area (TPSA) is 85.6 Å². The molecule has 0 radical (unpaired) electrons. The zero-order valence-corrected chi connectivity index (χ0v) is 14.7. The molecule has 134 valence electrons. The van der Waals surface area contributed by atoms with E-state index in [9.17, 15) is 9.18 Å². The molecule has 0 aliphatic rings. The number of anilines is 1. The van der Waals surface area contributed by atoms with Crippen molar-refractivity contribution in [3.8, 4) is 5.69 Å². The summed E-state index contributed by atoms with van der Waals surface area (Å²) >= 11 is 1.38. The molecule has 1 amide bonds. The molecule has 2 aromatic carbocycles. The van der Waals surface area contributed by atoms with Crippen LogP contribution >= 0.6 is 11.3 Å². The van der Waals surface area contributed by atoms with Crippen LogP contribution in [0, 0.1) is 5.82 Å². The average molecular weight is 380 g/mol. The van der Waals surface area contributed by atoms with Crippen LogP contribution in [0.3, 0.4) is 0 Å². The molecule has 0 atom stereocenters. The number of hydrogen-bond acceptors (Lipinski definition) is 6. The third kappa shape index (κ3) is 4.04. The highest BCUT2D eigenvalue weighted by atomic mass is 32.1. The second-order valence-electron chi connectivity index (χ2n) is 5.69. The van der Waals surface area contributed by atoms with Crippen molar-refractivity contribution < 1.29 is 9.18 Å². The molecule has 0 saturated carbocycles. The molecule has 2 aromatic heterocycles. The molecule has 27 heavy (non-hydrogen) atoms. The molecule has 0 unspecified atom stereocenters. The van der Waals surface area contributed by atoms with Gasteiger partial charge in [0.25, 0.3) is 5.91 Å². The minimum absolute atomic E-state index is 0.264. The summed E-state index contributed by atoms with van der Waals surface area (Å²) in [6.07, 6.45) is 3.79. The third-order valence-electron chi connectivity index (χ3n) is 3.79. The molecule has 1 N–H and O–H groups in total. The molecule has 2 heterocycles. The zero-order chi connectivity index (χ0) is 18.6. The molecule has 0 bridgehead atoms. The number of carbonyl (C=O) groups is 1. The van der Waals surface area contributed by atoms with Gasteiger partial charge in [0, 0.05) is 23.1 Å². The average Bonchev–Trinajstić information content (AvgIpc) is 3.36. The lowest BCUT2D eigenvalue weighted by atomic mass is 10.1. The summed E-state index contributed by atoms with van der Waals surface area (Å²) in [5.41, 5.74) is 2.13. The Hall–Kier alpha value is -3.46. The van der Waals surface area contributed by atoms with E-state index >= 15 is 0 Å². The maximum Gasteiger partial charge on any atom is 0.257 e. The van der Waals surface area contributed by atoms with Crippen LogP contribution in [0.25, 0.3) is 5.69 Å². The monoisotopic (exact) mass is 380 g/mol. The van der Waals surface area contributed by atoms with Crippen molar-refractivity contribution in [1.29, 1.82) is 0 Å². The molecular weight excluding hydrogens is 367 g/mol. The number of rotatable bonds is 5. The number of carbonyl (C=O) groups excluding carboxylic acids is 1. The van der Waals surface area contributed by atoms with Crippen molar-refractivity contribution in [3.63, 3.8) is 0 Å². The fourth-order valence-corrected chi connectivity index (χ4v) is 3.33. The third-order valence-corrected chi connectivity index (χ3v) is 4.70. The van der Waals surface area contributed by atoms with E-state index in [2.05, 4.69) is 25.8 Å². The first-order valence-corrected chi connectivity index (χ1v) is 8.83. The van der Waals surface area contributed by atoms with Gasteiger partial charge in [-0.1, -0.05) is 18.2 Å². The van der Waals surface area contributed by atoms with Gasteiger partial charge in [-0.15, -0.1) is 16.4 Å². The Balaban J connectivity index is 1.45. The molecule has 7 nitrogen and oxygen atoms in total. The Morgan fingerprint density at radius 1 is 1.19 bits per heavy atom. The van der Waals surface area contributed by atoms with E-state index in [4.69, 9.17) is 0 Å². The summed E-state index contributed by atoms with van der Waals surface area (Å²) in [4.78, 5) is 17.7. The lowest BCUT2D eigenvalue weighted by Crippen LogP contribution is -2.12. The maximum atomic E-state index is 13.0. The number of hydrogen-bond donors (Lipinski definition) is 1. The predicted octanol–water partition coefficient (Wildman–Crippen LogP) is 3.10. The normalized spacial score (nSPS) is 10.7. The van der Waals surface area contributed by atoms with Gasteiger partial charge in [-0.2, -0.15) is 0 Å². The second-order valence-corrected chi connectivity index (χ2v) is 6.81. The van der Waals surface area contributed by atoms with Gasteiger partial charge < -0.3 is 0 Å². The van der Waals surface area contributed by atoms with Gasteiger partial charge in [-0.3, -0.25) is 10.1 Å². The van der Waals surface area contributed by atoms with Gasteiger partial charge in [0.05, 0.1) is 5.69 Å². The predicted molar refractivity (Wildman–Crippen MR) is 98.4 cm³/mol. The smallest absolute Gasteiger partial charge is 0.257 e. The molecule has 0 aliphatic heterocycles. The largest absolute Gasteiger partial charge is 0.298 e. The number of thiazole rings is 1. The summed E-state index contributed by atoms with van der Waals surface area (Å²) in [6, 6.07) is 13.3. The Morgan fingerprint density at radius 3 is 2.81 bits per heavy atom. The highest BCUT2D eigenvalue weighted by Crippen LogP contribution is 2.22. The maximum absolute atomic E-state index is 13.0. The van der Waals surface area contributed by atoms with E-state index in [0.717, 1.165) is 10.4 Å². The molecule has 0 fully saturated rings. The van der Waals surface area contributed by atoms with E-state index in [1.54, 1.807) is 42.6 Å². The van der Waals surface area contributed by atoms with E-state index in [0.29, 0.717) is 22.8 Å². The van der Waals surface area contributed by atoms with Gasteiger partial charge in [-0.05, 0) is 46.3 Å². The second kappa shape index (κ2) is 7.42. The SMILES string of the molecule is O=C(Nc1ncc(Cc2ccc(F)cc2)s1)c1cccc(-n2cnnn2)c1. The van der Waals surface area contributed by atoms with E-state index in [1.165, 1.54) is 34.5 Å². The highest BCUT2D eigenvalue weighted by molar-refractivity contribution is 7.15. The summed E-state index contributed by atoms with van der Waals surface area (Å²) in [5, 5.41) is 14.3. The first-order valence-electron chi connectivity index (χ1n) is 8.01. The number of halogens is 1. The van der Waals surface area contributed by atoms with E-state index in [-0.39, 0.29) is 11.7 Å². The quantitative estimate of drug-likeness (QED) is 0.575. The highest BCUT2D eigenvalue weighted by Gasteiger charge is 2.11. The molecule has 0 saturated heterocycles. The molecule has 4 rings (SSSR count). The first kappa shape index (κ1) is 17.0. The summed E-state index contributed by atoms with van der Waals surface area (Å²) in [7, 11) is 0. The van der Waals surface area contributed by atoms with Crippen molar-refractivity contribution in [2.24, 2.45) is 0 Å². The number of nitrogens with zero attached hydrogens (tertiary/aromatic N) is 5. The van der Waals surface area contributed by atoms with Crippen LogP contribution in [0.4, 0.5) is 9.52 Å². The van der Waals surface area contributed by atoms with Crippen LogP contribution in [0.15, 0.2) is 61.1 Å². The van der Waals surface area contributed by atoms with Gasteiger partial charge in [0.1, 0.15) is 12.1 Å². The molecule has 9 heteroatoms. The van der Waals surface area contributed by atoms with Crippen molar-refractivity contribution in [1.82, 2.24) is 25.2 Å².